The minimum atomic E-state index is -0.190. The van der Waals surface area contributed by atoms with E-state index in [2.05, 4.69) is 24.1 Å². The lowest BCUT2D eigenvalue weighted by Gasteiger charge is -2.06. The van der Waals surface area contributed by atoms with E-state index in [-0.39, 0.29) is 5.91 Å². The zero-order valence-electron chi connectivity index (χ0n) is 12.6. The molecule has 0 saturated heterocycles. The number of amides is 1. The fourth-order valence-electron chi connectivity index (χ4n) is 2.42. The van der Waals surface area contributed by atoms with Gasteiger partial charge in [0.2, 0.25) is 0 Å². The first-order valence-electron chi connectivity index (χ1n) is 7.24. The molecule has 2 unspecified atom stereocenters. The number of ether oxygens (including phenoxy) is 1. The molecule has 0 aromatic carbocycles. The van der Waals surface area contributed by atoms with Gasteiger partial charge >= 0.3 is 0 Å². The highest BCUT2D eigenvalue weighted by molar-refractivity contribution is 7.19. The normalized spacial score (nSPS) is 19.9. The zero-order chi connectivity index (χ0) is 15.4. The van der Waals surface area contributed by atoms with Crippen LogP contribution in [0.15, 0.2) is 12.7 Å². The van der Waals surface area contributed by atoms with Crippen molar-refractivity contribution in [1.29, 1.82) is 0 Å². The van der Waals surface area contributed by atoms with Gasteiger partial charge < -0.3 is 21.1 Å². The summed E-state index contributed by atoms with van der Waals surface area (Å²) in [5, 5.41) is 7.05. The van der Waals surface area contributed by atoms with Crippen LogP contribution in [0, 0.1) is 5.92 Å². The number of methoxy groups -OCH3 is 1. The highest BCUT2D eigenvalue weighted by Crippen LogP contribution is 2.46. The van der Waals surface area contributed by atoms with Crippen molar-refractivity contribution in [3.8, 4) is 5.75 Å². The molecule has 0 bridgehead atoms. The molecule has 0 radical (unpaired) electrons. The first kappa shape index (κ1) is 15.7. The number of nitrogen functional groups attached to an aromatic ring is 1. The SMILES string of the molecule is C=CCNC(=O)c1sc(NC2CC2CCC)c(OC)c1N. The predicted molar refractivity (Wildman–Crippen MR) is 88.2 cm³/mol. The number of rotatable bonds is 8. The molecule has 21 heavy (non-hydrogen) atoms. The van der Waals surface area contributed by atoms with Gasteiger partial charge in [0.25, 0.3) is 5.91 Å². The number of anilines is 2. The Morgan fingerprint density at radius 3 is 3.00 bits per heavy atom. The summed E-state index contributed by atoms with van der Waals surface area (Å²) in [6.07, 6.45) is 5.24. The number of nitrogens with one attached hydrogen (secondary N) is 2. The Labute approximate surface area is 129 Å². The highest BCUT2D eigenvalue weighted by Gasteiger charge is 2.37. The summed E-state index contributed by atoms with van der Waals surface area (Å²) < 4.78 is 5.36. The lowest BCUT2D eigenvalue weighted by atomic mass is 10.2. The van der Waals surface area contributed by atoms with Crippen LogP contribution >= 0.6 is 11.3 Å². The van der Waals surface area contributed by atoms with Gasteiger partial charge in [-0.3, -0.25) is 4.79 Å². The Hall–Kier alpha value is -1.69. The number of thiophene rings is 1. The van der Waals surface area contributed by atoms with Crippen LogP contribution in [0.25, 0.3) is 0 Å². The predicted octanol–water partition coefficient (Wildman–Crippen LogP) is 2.86. The quantitative estimate of drug-likeness (QED) is 0.645. The van der Waals surface area contributed by atoms with Crippen molar-refractivity contribution in [3.63, 3.8) is 0 Å². The second-order valence-electron chi connectivity index (χ2n) is 5.24. The standard InChI is InChI=1S/C15H23N3O2S/c1-4-6-9-8-10(9)18-15-12(20-3)11(16)13(21-15)14(19)17-7-5-2/h5,9-10,18H,2,4,6-8,16H2,1,3H3,(H,17,19). The highest BCUT2D eigenvalue weighted by atomic mass is 32.1. The third-order valence-electron chi connectivity index (χ3n) is 3.62. The minimum Gasteiger partial charge on any atom is -0.492 e. The van der Waals surface area contributed by atoms with Crippen LogP contribution < -0.4 is 21.1 Å². The van der Waals surface area contributed by atoms with Crippen molar-refractivity contribution in [1.82, 2.24) is 5.32 Å². The molecule has 0 aliphatic heterocycles. The van der Waals surface area contributed by atoms with E-state index in [1.807, 2.05) is 0 Å². The molecule has 0 spiro atoms. The fourth-order valence-corrected chi connectivity index (χ4v) is 3.49. The molecule has 6 heteroatoms. The Morgan fingerprint density at radius 2 is 2.38 bits per heavy atom. The maximum Gasteiger partial charge on any atom is 0.263 e. The van der Waals surface area contributed by atoms with Gasteiger partial charge in [0.15, 0.2) is 5.75 Å². The van der Waals surface area contributed by atoms with Crippen LogP contribution in [-0.2, 0) is 0 Å². The van der Waals surface area contributed by atoms with E-state index in [1.54, 1.807) is 13.2 Å². The molecule has 1 fully saturated rings. The average Bonchev–Trinajstić information content (AvgIpc) is 3.11. The number of carbonyl (C=O) groups is 1. The van der Waals surface area contributed by atoms with Crippen molar-refractivity contribution in [3.05, 3.63) is 17.5 Å². The van der Waals surface area contributed by atoms with Gasteiger partial charge in [0, 0.05) is 12.6 Å². The summed E-state index contributed by atoms with van der Waals surface area (Å²) in [5.41, 5.74) is 6.44. The molecular formula is C15H23N3O2S. The minimum absolute atomic E-state index is 0.190. The van der Waals surface area contributed by atoms with Crippen molar-refractivity contribution in [2.45, 2.75) is 32.2 Å². The topological polar surface area (TPSA) is 76.4 Å². The molecule has 116 valence electrons. The van der Waals surface area contributed by atoms with Gasteiger partial charge in [-0.15, -0.1) is 17.9 Å². The summed E-state index contributed by atoms with van der Waals surface area (Å²) in [7, 11) is 1.57. The molecule has 1 saturated carbocycles. The fraction of sp³-hybridized carbons (Fsp3) is 0.533. The van der Waals surface area contributed by atoms with Gasteiger partial charge in [-0.25, -0.2) is 0 Å². The average molecular weight is 309 g/mol. The molecule has 1 aromatic rings. The molecule has 1 heterocycles. The number of hydrogen-bond donors (Lipinski definition) is 3. The molecule has 5 nitrogen and oxygen atoms in total. The van der Waals surface area contributed by atoms with Crippen LogP contribution in [0.4, 0.5) is 10.7 Å². The first-order valence-corrected chi connectivity index (χ1v) is 8.05. The van der Waals surface area contributed by atoms with Crippen LogP contribution in [0.2, 0.25) is 0 Å². The number of nitrogens with two attached hydrogens (primary N) is 1. The lowest BCUT2D eigenvalue weighted by Crippen LogP contribution is -2.23. The third-order valence-corrected chi connectivity index (χ3v) is 4.73. The number of hydrogen-bond acceptors (Lipinski definition) is 5. The zero-order valence-corrected chi connectivity index (χ0v) is 13.4. The first-order chi connectivity index (χ1) is 10.1. The van der Waals surface area contributed by atoms with Gasteiger partial charge in [-0.2, -0.15) is 0 Å². The molecule has 1 aliphatic carbocycles. The largest absolute Gasteiger partial charge is 0.492 e. The molecule has 1 aromatic heterocycles. The van der Waals surface area contributed by atoms with Gasteiger partial charge in [-0.1, -0.05) is 19.4 Å². The van der Waals surface area contributed by atoms with Gasteiger partial charge in [0.05, 0.1) is 7.11 Å². The summed E-state index contributed by atoms with van der Waals surface area (Å²) in [5.74, 6) is 1.11. The summed E-state index contributed by atoms with van der Waals surface area (Å²) in [6, 6.07) is 0.473. The molecule has 2 rings (SSSR count). The van der Waals surface area contributed by atoms with Gasteiger partial charge in [0.1, 0.15) is 15.6 Å². The Morgan fingerprint density at radius 1 is 1.62 bits per heavy atom. The van der Waals surface area contributed by atoms with Crippen molar-refractivity contribution >= 4 is 27.9 Å². The summed E-state index contributed by atoms with van der Waals surface area (Å²) in [6.45, 7) is 6.20. The molecular weight excluding hydrogens is 286 g/mol. The second-order valence-corrected chi connectivity index (χ2v) is 6.26. The molecule has 2 atom stereocenters. The maximum absolute atomic E-state index is 12.1. The van der Waals surface area contributed by atoms with E-state index in [0.29, 0.717) is 28.9 Å². The molecule has 1 amide bonds. The van der Waals surface area contributed by atoms with Gasteiger partial charge in [-0.05, 0) is 18.8 Å². The second kappa shape index (κ2) is 6.85. The summed E-state index contributed by atoms with van der Waals surface area (Å²) >= 11 is 1.35. The van der Waals surface area contributed by atoms with Crippen molar-refractivity contribution < 1.29 is 9.53 Å². The summed E-state index contributed by atoms with van der Waals surface area (Å²) in [4.78, 5) is 12.6. The third kappa shape index (κ3) is 3.50. The van der Waals surface area contributed by atoms with E-state index in [9.17, 15) is 4.79 Å². The van der Waals surface area contributed by atoms with Crippen LogP contribution in [0.5, 0.6) is 5.75 Å². The van der Waals surface area contributed by atoms with Crippen LogP contribution in [-0.4, -0.2) is 25.6 Å². The molecule has 4 N–H and O–H groups in total. The Bertz CT molecular complexity index is 527. The van der Waals surface area contributed by atoms with Crippen molar-refractivity contribution in [2.75, 3.05) is 24.7 Å². The number of carbonyl (C=O) groups excluding carboxylic acids is 1. The van der Waals surface area contributed by atoms with E-state index >= 15 is 0 Å². The monoisotopic (exact) mass is 309 g/mol. The van der Waals surface area contributed by atoms with E-state index < -0.39 is 0 Å². The van der Waals surface area contributed by atoms with E-state index in [1.165, 1.54) is 30.6 Å². The molecule has 1 aliphatic rings. The Balaban J connectivity index is 2.11. The van der Waals surface area contributed by atoms with E-state index in [0.717, 1.165) is 10.9 Å². The Kier molecular flexibility index (Phi) is 5.12. The maximum atomic E-state index is 12.1. The van der Waals surface area contributed by atoms with Crippen molar-refractivity contribution in [2.24, 2.45) is 5.92 Å². The van der Waals surface area contributed by atoms with Crippen LogP contribution in [0.3, 0.4) is 0 Å². The smallest absolute Gasteiger partial charge is 0.263 e. The van der Waals surface area contributed by atoms with Crippen LogP contribution in [0.1, 0.15) is 35.9 Å². The van der Waals surface area contributed by atoms with E-state index in [4.69, 9.17) is 10.5 Å². The lowest BCUT2D eigenvalue weighted by molar-refractivity contribution is 0.0962.